The zero-order chi connectivity index (χ0) is 10.9. The summed E-state index contributed by atoms with van der Waals surface area (Å²) in [6, 6.07) is 0. The van der Waals surface area contributed by atoms with Crippen LogP contribution in [0.1, 0.15) is 39.5 Å². The molecule has 0 bridgehead atoms. The van der Waals surface area contributed by atoms with Gasteiger partial charge in [0.2, 0.25) is 0 Å². The molecule has 0 amide bonds. The van der Waals surface area contributed by atoms with Gasteiger partial charge >= 0.3 is 0 Å². The fourth-order valence-corrected chi connectivity index (χ4v) is 3.62. The first kappa shape index (κ1) is 11.4. The zero-order valence-electron chi connectivity index (χ0n) is 10.6. The number of nitrogens with zero attached hydrogens (tertiary/aromatic N) is 1. The number of hydrogen-bond donors (Lipinski definition) is 1. The van der Waals surface area contributed by atoms with Crippen LogP contribution >= 0.6 is 0 Å². The molecular formula is C13H26N2. The first-order chi connectivity index (χ1) is 7.15. The van der Waals surface area contributed by atoms with Crippen LogP contribution < -0.4 is 5.32 Å². The van der Waals surface area contributed by atoms with E-state index in [9.17, 15) is 0 Å². The van der Waals surface area contributed by atoms with Crippen molar-refractivity contribution in [1.29, 1.82) is 0 Å². The van der Waals surface area contributed by atoms with E-state index in [2.05, 4.69) is 31.1 Å². The molecule has 2 aliphatic heterocycles. The summed E-state index contributed by atoms with van der Waals surface area (Å²) in [6.45, 7) is 8.62. The van der Waals surface area contributed by atoms with Gasteiger partial charge in [-0.25, -0.2) is 0 Å². The Balaban J connectivity index is 2.11. The second-order valence-electron chi connectivity index (χ2n) is 5.83. The van der Waals surface area contributed by atoms with E-state index < -0.39 is 0 Å². The fourth-order valence-electron chi connectivity index (χ4n) is 3.62. The van der Waals surface area contributed by atoms with Crippen LogP contribution in [0.3, 0.4) is 0 Å². The van der Waals surface area contributed by atoms with Crippen molar-refractivity contribution in [2.75, 3.05) is 26.7 Å². The smallest absolute Gasteiger partial charge is 0.0245 e. The number of piperidine rings is 1. The van der Waals surface area contributed by atoms with Crippen molar-refractivity contribution < 1.29 is 0 Å². The maximum atomic E-state index is 3.87. The lowest BCUT2D eigenvalue weighted by molar-refractivity contribution is 0.109. The first-order valence-electron chi connectivity index (χ1n) is 6.59. The van der Waals surface area contributed by atoms with Gasteiger partial charge in [-0.1, -0.05) is 20.3 Å². The summed E-state index contributed by atoms with van der Waals surface area (Å²) in [5, 5.41) is 3.87. The fraction of sp³-hybridized carbons (Fsp3) is 1.00. The lowest BCUT2D eigenvalue weighted by Crippen LogP contribution is -2.58. The molecule has 88 valence electrons. The van der Waals surface area contributed by atoms with Crippen molar-refractivity contribution in [3.8, 4) is 0 Å². The highest BCUT2D eigenvalue weighted by Gasteiger charge is 2.44. The molecule has 0 aromatic heterocycles. The van der Waals surface area contributed by atoms with Crippen LogP contribution in [-0.2, 0) is 0 Å². The second-order valence-corrected chi connectivity index (χ2v) is 5.83. The van der Waals surface area contributed by atoms with E-state index in [1.54, 1.807) is 0 Å². The van der Waals surface area contributed by atoms with Crippen LogP contribution in [0.4, 0.5) is 0 Å². The Labute approximate surface area is 94.4 Å². The standard InChI is InChI=1S/C13H26N2/c1-11(2)13(7-4-5-8-14-13)12-6-9-15(3)10-12/h11-12,14H,4-10H2,1-3H3. The number of nitrogens with one attached hydrogen (secondary N) is 1. The maximum absolute atomic E-state index is 3.87. The summed E-state index contributed by atoms with van der Waals surface area (Å²) in [5.41, 5.74) is 0.447. The third-order valence-electron chi connectivity index (χ3n) is 4.62. The topological polar surface area (TPSA) is 15.3 Å². The van der Waals surface area contributed by atoms with Crippen molar-refractivity contribution in [1.82, 2.24) is 10.2 Å². The molecule has 2 atom stereocenters. The van der Waals surface area contributed by atoms with Crippen LogP contribution in [0.2, 0.25) is 0 Å². The van der Waals surface area contributed by atoms with Gasteiger partial charge in [-0.05, 0) is 51.2 Å². The predicted molar refractivity (Wildman–Crippen MR) is 65.0 cm³/mol. The molecule has 1 N–H and O–H groups in total. The van der Waals surface area contributed by atoms with Gasteiger partial charge in [-0.15, -0.1) is 0 Å². The zero-order valence-corrected chi connectivity index (χ0v) is 10.6. The molecule has 0 aliphatic carbocycles. The first-order valence-corrected chi connectivity index (χ1v) is 6.59. The molecule has 2 unspecified atom stereocenters. The predicted octanol–water partition coefficient (Wildman–Crippen LogP) is 2.11. The minimum absolute atomic E-state index is 0.447. The molecule has 0 aromatic rings. The van der Waals surface area contributed by atoms with Gasteiger partial charge in [0.1, 0.15) is 0 Å². The van der Waals surface area contributed by atoms with Crippen LogP contribution in [0, 0.1) is 11.8 Å². The molecule has 2 aliphatic rings. The van der Waals surface area contributed by atoms with E-state index in [4.69, 9.17) is 0 Å². The van der Waals surface area contributed by atoms with Crippen molar-refractivity contribution >= 4 is 0 Å². The van der Waals surface area contributed by atoms with Gasteiger partial charge in [-0.3, -0.25) is 0 Å². The van der Waals surface area contributed by atoms with Gasteiger partial charge in [0, 0.05) is 12.1 Å². The Morgan fingerprint density at radius 3 is 2.60 bits per heavy atom. The average Bonchev–Trinajstić information content (AvgIpc) is 2.66. The Hall–Kier alpha value is -0.0800. The van der Waals surface area contributed by atoms with Gasteiger partial charge in [-0.2, -0.15) is 0 Å². The van der Waals surface area contributed by atoms with Gasteiger partial charge < -0.3 is 10.2 Å². The molecule has 2 saturated heterocycles. The van der Waals surface area contributed by atoms with Gasteiger partial charge in [0.05, 0.1) is 0 Å². The summed E-state index contributed by atoms with van der Waals surface area (Å²) in [4.78, 5) is 2.49. The maximum Gasteiger partial charge on any atom is 0.0245 e. The molecule has 0 radical (unpaired) electrons. The lowest BCUT2D eigenvalue weighted by Gasteiger charge is -2.46. The summed E-state index contributed by atoms with van der Waals surface area (Å²) in [7, 11) is 2.26. The van der Waals surface area contributed by atoms with Gasteiger partial charge in [0.25, 0.3) is 0 Å². The van der Waals surface area contributed by atoms with E-state index >= 15 is 0 Å². The Bertz CT molecular complexity index is 207. The molecule has 0 aromatic carbocycles. The summed E-state index contributed by atoms with van der Waals surface area (Å²) >= 11 is 0. The molecule has 2 nitrogen and oxygen atoms in total. The number of hydrogen-bond acceptors (Lipinski definition) is 2. The normalized spacial score (nSPS) is 38.8. The van der Waals surface area contributed by atoms with Crippen molar-refractivity contribution in [2.24, 2.45) is 11.8 Å². The highest BCUT2D eigenvalue weighted by atomic mass is 15.1. The van der Waals surface area contributed by atoms with Crippen LogP contribution in [0.15, 0.2) is 0 Å². The quantitative estimate of drug-likeness (QED) is 0.751. The molecule has 0 spiro atoms. The summed E-state index contributed by atoms with van der Waals surface area (Å²) in [6.07, 6.45) is 5.58. The molecule has 0 saturated carbocycles. The van der Waals surface area contributed by atoms with Gasteiger partial charge in [0.15, 0.2) is 0 Å². The Morgan fingerprint density at radius 1 is 1.33 bits per heavy atom. The van der Waals surface area contributed by atoms with E-state index in [1.807, 2.05) is 0 Å². The Morgan fingerprint density at radius 2 is 2.13 bits per heavy atom. The SMILES string of the molecule is CC(C)C1(C2CCN(C)C2)CCCCN1. The lowest BCUT2D eigenvalue weighted by atomic mass is 9.70. The molecule has 2 rings (SSSR count). The minimum Gasteiger partial charge on any atom is -0.311 e. The number of rotatable bonds is 2. The van der Waals surface area contributed by atoms with Crippen LogP contribution in [0.25, 0.3) is 0 Å². The highest BCUT2D eigenvalue weighted by molar-refractivity contribution is 5.01. The molecular weight excluding hydrogens is 184 g/mol. The molecule has 2 heterocycles. The van der Waals surface area contributed by atoms with E-state index in [0.29, 0.717) is 5.54 Å². The van der Waals surface area contributed by atoms with E-state index in [0.717, 1.165) is 11.8 Å². The average molecular weight is 210 g/mol. The highest BCUT2D eigenvalue weighted by Crippen LogP contribution is 2.38. The largest absolute Gasteiger partial charge is 0.311 e. The van der Waals surface area contributed by atoms with Crippen molar-refractivity contribution in [2.45, 2.75) is 45.1 Å². The van der Waals surface area contributed by atoms with Crippen molar-refractivity contribution in [3.05, 3.63) is 0 Å². The summed E-state index contributed by atoms with van der Waals surface area (Å²) < 4.78 is 0. The third kappa shape index (κ3) is 2.07. The van der Waals surface area contributed by atoms with Crippen LogP contribution in [-0.4, -0.2) is 37.1 Å². The minimum atomic E-state index is 0.447. The molecule has 2 fully saturated rings. The van der Waals surface area contributed by atoms with E-state index in [-0.39, 0.29) is 0 Å². The monoisotopic (exact) mass is 210 g/mol. The summed E-state index contributed by atoms with van der Waals surface area (Å²) in [5.74, 6) is 1.65. The Kier molecular flexibility index (Phi) is 3.36. The second kappa shape index (κ2) is 4.42. The molecule has 15 heavy (non-hydrogen) atoms. The van der Waals surface area contributed by atoms with E-state index in [1.165, 1.54) is 45.3 Å². The van der Waals surface area contributed by atoms with Crippen LogP contribution in [0.5, 0.6) is 0 Å². The third-order valence-corrected chi connectivity index (χ3v) is 4.62. The van der Waals surface area contributed by atoms with Crippen molar-refractivity contribution in [3.63, 3.8) is 0 Å². The molecule has 2 heteroatoms. The number of likely N-dealkylation sites (tertiary alicyclic amines) is 1.